The number of hydrogen-bond acceptors (Lipinski definition) is 5. The van der Waals surface area contributed by atoms with E-state index in [0.717, 1.165) is 16.5 Å². The van der Waals surface area contributed by atoms with E-state index in [0.29, 0.717) is 38.2 Å². The largest absolute Gasteiger partial charge is 0.495 e. The van der Waals surface area contributed by atoms with Gasteiger partial charge in [0.25, 0.3) is 0 Å². The van der Waals surface area contributed by atoms with Crippen molar-refractivity contribution in [2.45, 2.75) is 0 Å². The molecule has 2 aromatic carbocycles. The Bertz CT molecular complexity index is 1390. The molecule has 4 rings (SSSR count). The van der Waals surface area contributed by atoms with Crippen molar-refractivity contribution >= 4 is 45.5 Å². The normalized spacial score (nSPS) is 10.1. The van der Waals surface area contributed by atoms with Gasteiger partial charge in [0.05, 0.1) is 39.6 Å². The van der Waals surface area contributed by atoms with Crippen molar-refractivity contribution in [1.82, 2.24) is 9.97 Å². The van der Waals surface area contributed by atoms with Gasteiger partial charge in [-0.05, 0) is 36.4 Å². The van der Waals surface area contributed by atoms with Gasteiger partial charge in [0.1, 0.15) is 11.8 Å². The fourth-order valence-electron chi connectivity index (χ4n) is 2.99. The lowest BCUT2D eigenvalue weighted by atomic mass is 10.1. The summed E-state index contributed by atoms with van der Waals surface area (Å²) in [5.74, 6) is 6.66. The number of aromatic nitrogens is 2. The van der Waals surface area contributed by atoms with Crippen LogP contribution in [-0.2, 0) is 0 Å². The number of hydrogen-bond donors (Lipinski definition) is 1. The summed E-state index contributed by atoms with van der Waals surface area (Å²) >= 11 is 12.5. The zero-order chi connectivity index (χ0) is 21.8. The number of nitrogens with one attached hydrogen (secondary N) is 1. The number of nitrogens with zero attached hydrogens (tertiary/aromatic N) is 3. The first kappa shape index (κ1) is 20.5. The standard InChI is InChI=1S/C24H14Cl2N4O/c1-31-23-11-22(19(25)10-20(23)26)30-24-17(12-27)14-29-21-9-15(6-7-18(21)24)4-5-16-3-2-8-28-13-16/h2-3,6-11,13-14H,1H3,(H,29,30). The Balaban J connectivity index is 1.77. The van der Waals surface area contributed by atoms with E-state index in [9.17, 15) is 5.26 Å². The van der Waals surface area contributed by atoms with Crippen LogP contribution in [-0.4, -0.2) is 17.1 Å². The molecule has 0 saturated carbocycles. The first-order valence-corrected chi connectivity index (χ1v) is 9.89. The summed E-state index contributed by atoms with van der Waals surface area (Å²) in [7, 11) is 1.52. The lowest BCUT2D eigenvalue weighted by Gasteiger charge is -2.14. The molecule has 1 N–H and O–H groups in total. The number of anilines is 2. The molecule has 0 saturated heterocycles. The maximum Gasteiger partial charge on any atom is 0.139 e. The van der Waals surface area contributed by atoms with E-state index in [-0.39, 0.29) is 0 Å². The summed E-state index contributed by atoms with van der Waals surface area (Å²) < 4.78 is 5.27. The first-order chi connectivity index (χ1) is 15.1. The number of nitriles is 1. The fraction of sp³-hybridized carbons (Fsp3) is 0.0417. The van der Waals surface area contributed by atoms with Gasteiger partial charge >= 0.3 is 0 Å². The Morgan fingerprint density at radius 3 is 2.58 bits per heavy atom. The van der Waals surface area contributed by atoms with Crippen molar-refractivity contribution in [3.05, 3.63) is 87.8 Å². The maximum absolute atomic E-state index is 9.60. The molecular weight excluding hydrogens is 431 g/mol. The number of methoxy groups -OCH3 is 1. The van der Waals surface area contributed by atoms with Crippen LogP contribution in [0.3, 0.4) is 0 Å². The van der Waals surface area contributed by atoms with Gasteiger partial charge in [0.15, 0.2) is 0 Å². The molecule has 4 aromatic rings. The van der Waals surface area contributed by atoms with Gasteiger partial charge in [0, 0.05) is 41.2 Å². The predicted octanol–water partition coefficient (Wildman–Crippen LogP) is 5.96. The molecule has 2 aromatic heterocycles. The molecule has 31 heavy (non-hydrogen) atoms. The third-order valence-corrected chi connectivity index (χ3v) is 5.11. The van der Waals surface area contributed by atoms with Crippen molar-refractivity contribution < 1.29 is 4.74 Å². The van der Waals surface area contributed by atoms with E-state index < -0.39 is 0 Å². The van der Waals surface area contributed by atoms with Crippen molar-refractivity contribution in [2.75, 3.05) is 12.4 Å². The predicted molar refractivity (Wildman–Crippen MR) is 123 cm³/mol. The zero-order valence-corrected chi connectivity index (χ0v) is 17.8. The van der Waals surface area contributed by atoms with E-state index >= 15 is 0 Å². The summed E-state index contributed by atoms with van der Waals surface area (Å²) in [6, 6.07) is 14.8. The topological polar surface area (TPSA) is 70.8 Å². The second kappa shape index (κ2) is 8.93. The van der Waals surface area contributed by atoms with E-state index in [4.69, 9.17) is 27.9 Å². The Hall–Kier alpha value is -3.77. The molecule has 5 nitrogen and oxygen atoms in total. The molecule has 150 valence electrons. The Morgan fingerprint density at radius 2 is 1.84 bits per heavy atom. The average Bonchev–Trinajstić information content (AvgIpc) is 2.80. The number of benzene rings is 2. The van der Waals surface area contributed by atoms with Crippen LogP contribution in [0.2, 0.25) is 10.0 Å². The highest BCUT2D eigenvalue weighted by atomic mass is 35.5. The second-order valence-electron chi connectivity index (χ2n) is 6.47. The first-order valence-electron chi connectivity index (χ1n) is 9.14. The molecule has 0 atom stereocenters. The van der Waals surface area contributed by atoms with Crippen LogP contribution in [0.5, 0.6) is 5.75 Å². The van der Waals surface area contributed by atoms with Crippen LogP contribution < -0.4 is 10.1 Å². The van der Waals surface area contributed by atoms with Gasteiger partial charge < -0.3 is 10.1 Å². The molecule has 0 aliphatic carbocycles. The minimum atomic E-state index is 0.381. The smallest absolute Gasteiger partial charge is 0.139 e. The van der Waals surface area contributed by atoms with Gasteiger partial charge in [-0.3, -0.25) is 9.97 Å². The quantitative estimate of drug-likeness (QED) is 0.394. The SMILES string of the molecule is COc1cc(Nc2c(C#N)cnc3cc(C#Cc4cccnc4)ccc23)c(Cl)cc1Cl. The number of ether oxygens (including phenoxy) is 1. The monoisotopic (exact) mass is 444 g/mol. The Labute approximate surface area is 189 Å². The van der Waals surface area contributed by atoms with E-state index in [2.05, 4.69) is 33.2 Å². The highest BCUT2D eigenvalue weighted by Crippen LogP contribution is 2.37. The maximum atomic E-state index is 9.60. The molecule has 0 bridgehead atoms. The molecular formula is C24H14Cl2N4O. The molecule has 7 heteroatoms. The fourth-order valence-corrected chi connectivity index (χ4v) is 3.50. The Morgan fingerprint density at radius 1 is 1.00 bits per heavy atom. The molecule has 0 fully saturated rings. The van der Waals surface area contributed by atoms with Crippen molar-refractivity contribution in [2.24, 2.45) is 0 Å². The van der Waals surface area contributed by atoms with Gasteiger partial charge in [-0.1, -0.05) is 35.0 Å². The van der Waals surface area contributed by atoms with Crippen LogP contribution in [0.1, 0.15) is 16.7 Å². The van der Waals surface area contributed by atoms with Crippen molar-refractivity contribution in [1.29, 1.82) is 5.26 Å². The molecule has 2 heterocycles. The summed E-state index contributed by atoms with van der Waals surface area (Å²) in [5, 5.41) is 14.4. The van der Waals surface area contributed by atoms with Crippen LogP contribution in [0, 0.1) is 23.2 Å². The second-order valence-corrected chi connectivity index (χ2v) is 7.29. The van der Waals surface area contributed by atoms with Crippen LogP contribution in [0.25, 0.3) is 10.9 Å². The van der Waals surface area contributed by atoms with Crippen molar-refractivity contribution in [3.63, 3.8) is 0 Å². The average molecular weight is 445 g/mol. The van der Waals surface area contributed by atoms with Gasteiger partial charge in [-0.25, -0.2) is 0 Å². The number of fused-ring (bicyclic) bond motifs is 1. The van der Waals surface area contributed by atoms with E-state index in [1.807, 2.05) is 30.3 Å². The molecule has 0 amide bonds. The lowest BCUT2D eigenvalue weighted by Crippen LogP contribution is -1.98. The van der Waals surface area contributed by atoms with Crippen LogP contribution in [0.15, 0.2) is 61.1 Å². The molecule has 0 aliphatic rings. The van der Waals surface area contributed by atoms with E-state index in [1.54, 1.807) is 24.5 Å². The molecule has 0 unspecified atom stereocenters. The van der Waals surface area contributed by atoms with Crippen LogP contribution >= 0.6 is 23.2 Å². The van der Waals surface area contributed by atoms with E-state index in [1.165, 1.54) is 13.3 Å². The minimum Gasteiger partial charge on any atom is -0.495 e. The van der Waals surface area contributed by atoms with Crippen LogP contribution in [0.4, 0.5) is 11.4 Å². The molecule has 0 aliphatic heterocycles. The lowest BCUT2D eigenvalue weighted by molar-refractivity contribution is 0.415. The third-order valence-electron chi connectivity index (χ3n) is 4.50. The van der Waals surface area contributed by atoms with Gasteiger partial charge in [-0.2, -0.15) is 5.26 Å². The zero-order valence-electron chi connectivity index (χ0n) is 16.3. The summed E-state index contributed by atoms with van der Waals surface area (Å²) in [4.78, 5) is 8.48. The number of halogens is 2. The Kier molecular flexibility index (Phi) is 5.91. The summed E-state index contributed by atoms with van der Waals surface area (Å²) in [6.07, 6.45) is 4.93. The molecule has 0 spiro atoms. The third kappa shape index (κ3) is 4.39. The molecule has 0 radical (unpaired) electrons. The highest BCUT2D eigenvalue weighted by Gasteiger charge is 2.13. The highest BCUT2D eigenvalue weighted by molar-refractivity contribution is 6.37. The summed E-state index contributed by atoms with van der Waals surface area (Å²) in [6.45, 7) is 0. The van der Waals surface area contributed by atoms with Gasteiger partial charge in [0.2, 0.25) is 0 Å². The summed E-state index contributed by atoms with van der Waals surface area (Å²) in [5.41, 5.74) is 3.84. The minimum absolute atomic E-state index is 0.381. The van der Waals surface area contributed by atoms with Gasteiger partial charge in [-0.15, -0.1) is 0 Å². The number of pyridine rings is 2. The number of rotatable bonds is 3. The van der Waals surface area contributed by atoms with Crippen molar-refractivity contribution in [3.8, 4) is 23.7 Å².